The van der Waals surface area contributed by atoms with Crippen LogP contribution in [0.15, 0.2) is 30.5 Å². The van der Waals surface area contributed by atoms with Crippen LogP contribution < -0.4 is 0 Å². The highest BCUT2D eigenvalue weighted by Gasteiger charge is 2.20. The van der Waals surface area contributed by atoms with Gasteiger partial charge in [-0.3, -0.25) is 4.68 Å². The van der Waals surface area contributed by atoms with Crippen LogP contribution in [0.25, 0.3) is 0 Å². The summed E-state index contributed by atoms with van der Waals surface area (Å²) < 4.78 is 1.74. The van der Waals surface area contributed by atoms with Crippen LogP contribution in [-0.4, -0.2) is 14.9 Å². The van der Waals surface area contributed by atoms with Gasteiger partial charge in [-0.1, -0.05) is 42.8 Å². The molecule has 4 heteroatoms. The molecule has 3 nitrogen and oxygen atoms in total. The molecule has 2 aromatic rings. The van der Waals surface area contributed by atoms with Gasteiger partial charge in [0.05, 0.1) is 16.9 Å². The number of rotatable bonds is 4. The molecule has 18 heavy (non-hydrogen) atoms. The second-order valence-electron chi connectivity index (χ2n) is 4.15. The first-order chi connectivity index (χ1) is 8.69. The topological polar surface area (TPSA) is 38.1 Å². The van der Waals surface area contributed by atoms with Crippen molar-refractivity contribution in [3.63, 3.8) is 0 Å². The quantitative estimate of drug-likeness (QED) is 0.921. The predicted molar refractivity (Wildman–Crippen MR) is 72.8 cm³/mol. The molecule has 0 saturated carbocycles. The standard InChI is InChI=1S/C14H17ClN2O/c1-3-10-7-5-6-8-11(10)14(18)13-12(15)9-16-17(13)4-2/h5-9,14,18H,3-4H2,1-2H3. The van der Waals surface area contributed by atoms with E-state index in [2.05, 4.69) is 12.0 Å². The lowest BCUT2D eigenvalue weighted by molar-refractivity contribution is 0.207. The Morgan fingerprint density at radius 2 is 2.06 bits per heavy atom. The van der Waals surface area contributed by atoms with Gasteiger partial charge in [0.1, 0.15) is 6.10 Å². The zero-order chi connectivity index (χ0) is 13.1. The Kier molecular flexibility index (Phi) is 4.04. The smallest absolute Gasteiger partial charge is 0.122 e. The third-order valence-electron chi connectivity index (χ3n) is 3.12. The molecule has 1 N–H and O–H groups in total. The Hall–Kier alpha value is -1.32. The van der Waals surface area contributed by atoms with Gasteiger partial charge in [-0.25, -0.2) is 0 Å². The number of hydrogen-bond acceptors (Lipinski definition) is 2. The average Bonchev–Trinajstić information content (AvgIpc) is 2.79. The van der Waals surface area contributed by atoms with E-state index in [0.29, 0.717) is 17.3 Å². The van der Waals surface area contributed by atoms with Crippen LogP contribution in [0, 0.1) is 0 Å². The van der Waals surface area contributed by atoms with Gasteiger partial charge in [-0.05, 0) is 24.5 Å². The molecule has 0 spiro atoms. The molecule has 0 radical (unpaired) electrons. The molecule has 1 aromatic carbocycles. The second-order valence-corrected chi connectivity index (χ2v) is 4.56. The van der Waals surface area contributed by atoms with E-state index in [0.717, 1.165) is 17.5 Å². The summed E-state index contributed by atoms with van der Waals surface area (Å²) in [5.74, 6) is 0. The first-order valence-electron chi connectivity index (χ1n) is 6.16. The van der Waals surface area contributed by atoms with E-state index >= 15 is 0 Å². The molecule has 0 amide bonds. The summed E-state index contributed by atoms with van der Waals surface area (Å²) in [4.78, 5) is 0. The Morgan fingerprint density at radius 1 is 1.33 bits per heavy atom. The number of aryl methyl sites for hydroxylation is 2. The molecular formula is C14H17ClN2O. The number of aromatic nitrogens is 2. The zero-order valence-corrected chi connectivity index (χ0v) is 11.4. The number of aliphatic hydroxyl groups is 1. The minimum Gasteiger partial charge on any atom is -0.382 e. The summed E-state index contributed by atoms with van der Waals surface area (Å²) in [7, 11) is 0. The van der Waals surface area contributed by atoms with E-state index in [9.17, 15) is 5.11 Å². The first kappa shape index (κ1) is 13.1. The maximum atomic E-state index is 10.5. The number of benzene rings is 1. The van der Waals surface area contributed by atoms with Crippen molar-refractivity contribution >= 4 is 11.6 Å². The van der Waals surface area contributed by atoms with E-state index in [1.807, 2.05) is 31.2 Å². The highest BCUT2D eigenvalue weighted by molar-refractivity contribution is 6.31. The minimum absolute atomic E-state index is 0.509. The van der Waals surface area contributed by atoms with Crippen LogP contribution in [0.1, 0.15) is 36.8 Å². The zero-order valence-electron chi connectivity index (χ0n) is 10.6. The minimum atomic E-state index is -0.726. The highest BCUT2D eigenvalue weighted by atomic mass is 35.5. The van der Waals surface area contributed by atoms with Crippen molar-refractivity contribution in [1.82, 2.24) is 9.78 Å². The average molecular weight is 265 g/mol. The van der Waals surface area contributed by atoms with Crippen molar-refractivity contribution in [1.29, 1.82) is 0 Å². The van der Waals surface area contributed by atoms with Crippen LogP contribution in [0.5, 0.6) is 0 Å². The summed E-state index contributed by atoms with van der Waals surface area (Å²) in [5.41, 5.74) is 2.70. The first-order valence-corrected chi connectivity index (χ1v) is 6.53. The Labute approximate surface area is 112 Å². The van der Waals surface area contributed by atoms with Gasteiger partial charge in [0.15, 0.2) is 0 Å². The van der Waals surface area contributed by atoms with Gasteiger partial charge in [0, 0.05) is 6.54 Å². The molecule has 0 saturated heterocycles. The summed E-state index contributed by atoms with van der Waals surface area (Å²) >= 11 is 6.12. The molecule has 1 aromatic heterocycles. The molecule has 0 aliphatic carbocycles. The molecule has 0 aliphatic rings. The van der Waals surface area contributed by atoms with Crippen molar-refractivity contribution in [2.24, 2.45) is 0 Å². The third kappa shape index (κ3) is 2.28. The van der Waals surface area contributed by atoms with Crippen molar-refractivity contribution in [2.75, 3.05) is 0 Å². The van der Waals surface area contributed by atoms with Gasteiger partial charge in [0.2, 0.25) is 0 Å². The monoisotopic (exact) mass is 264 g/mol. The maximum absolute atomic E-state index is 10.5. The Morgan fingerprint density at radius 3 is 2.72 bits per heavy atom. The van der Waals surface area contributed by atoms with Crippen molar-refractivity contribution in [2.45, 2.75) is 32.9 Å². The summed E-state index contributed by atoms with van der Waals surface area (Å²) in [6, 6.07) is 7.87. The van der Waals surface area contributed by atoms with Gasteiger partial charge in [0.25, 0.3) is 0 Å². The molecule has 0 aliphatic heterocycles. The van der Waals surface area contributed by atoms with E-state index < -0.39 is 6.10 Å². The van der Waals surface area contributed by atoms with Gasteiger partial charge in [-0.2, -0.15) is 5.10 Å². The number of nitrogens with zero attached hydrogens (tertiary/aromatic N) is 2. The van der Waals surface area contributed by atoms with Crippen molar-refractivity contribution < 1.29 is 5.11 Å². The van der Waals surface area contributed by atoms with Crippen molar-refractivity contribution in [3.05, 3.63) is 52.3 Å². The molecule has 1 unspecified atom stereocenters. The SMILES string of the molecule is CCc1ccccc1C(O)c1c(Cl)cnn1CC. The summed E-state index contributed by atoms with van der Waals surface area (Å²) in [6.07, 6.45) is 1.74. The largest absolute Gasteiger partial charge is 0.382 e. The van der Waals surface area contributed by atoms with Crippen molar-refractivity contribution in [3.8, 4) is 0 Å². The lowest BCUT2D eigenvalue weighted by Gasteiger charge is -2.16. The third-order valence-corrected chi connectivity index (χ3v) is 3.41. The maximum Gasteiger partial charge on any atom is 0.122 e. The summed E-state index contributed by atoms with van der Waals surface area (Å²) in [5, 5.41) is 15.2. The van der Waals surface area contributed by atoms with Gasteiger partial charge < -0.3 is 5.11 Å². The molecule has 1 heterocycles. The highest BCUT2D eigenvalue weighted by Crippen LogP contribution is 2.30. The predicted octanol–water partition coefficient (Wildman–Crippen LogP) is 3.20. The summed E-state index contributed by atoms with van der Waals surface area (Å²) in [6.45, 7) is 4.74. The lowest BCUT2D eigenvalue weighted by Crippen LogP contribution is -2.11. The fourth-order valence-electron chi connectivity index (χ4n) is 2.17. The van der Waals surface area contributed by atoms with Gasteiger partial charge in [-0.15, -0.1) is 0 Å². The van der Waals surface area contributed by atoms with E-state index in [4.69, 9.17) is 11.6 Å². The van der Waals surface area contributed by atoms with Crippen LogP contribution in [0.4, 0.5) is 0 Å². The second kappa shape index (κ2) is 5.55. The fraction of sp³-hybridized carbons (Fsp3) is 0.357. The fourth-order valence-corrected chi connectivity index (χ4v) is 2.41. The molecule has 96 valence electrons. The Balaban J connectivity index is 2.47. The number of hydrogen-bond donors (Lipinski definition) is 1. The van der Waals surface area contributed by atoms with E-state index in [1.54, 1.807) is 10.9 Å². The van der Waals surface area contributed by atoms with E-state index in [-0.39, 0.29) is 0 Å². The molecule has 0 bridgehead atoms. The Bertz CT molecular complexity index is 536. The van der Waals surface area contributed by atoms with Gasteiger partial charge >= 0.3 is 0 Å². The van der Waals surface area contributed by atoms with Crippen LogP contribution in [0.3, 0.4) is 0 Å². The molecule has 2 rings (SSSR count). The van der Waals surface area contributed by atoms with E-state index in [1.165, 1.54) is 0 Å². The van der Waals surface area contributed by atoms with Crippen LogP contribution in [0.2, 0.25) is 5.02 Å². The molecule has 0 fully saturated rings. The lowest BCUT2D eigenvalue weighted by atomic mass is 9.98. The number of aliphatic hydroxyl groups excluding tert-OH is 1. The molecule has 1 atom stereocenters. The number of halogens is 1. The van der Waals surface area contributed by atoms with Crippen LogP contribution >= 0.6 is 11.6 Å². The molecular weight excluding hydrogens is 248 g/mol. The normalized spacial score (nSPS) is 12.7. The van der Waals surface area contributed by atoms with Crippen LogP contribution in [-0.2, 0) is 13.0 Å².